The molecule has 0 aromatic rings. The fourth-order valence-electron chi connectivity index (χ4n) is 1.54. The molecule has 0 amide bonds. The third kappa shape index (κ3) is 3.48. The summed E-state index contributed by atoms with van der Waals surface area (Å²) in [4.78, 5) is 0. The van der Waals surface area contributed by atoms with Gasteiger partial charge in [0.1, 0.15) is 0 Å². The van der Waals surface area contributed by atoms with E-state index in [1.165, 1.54) is 0 Å². The van der Waals surface area contributed by atoms with Gasteiger partial charge in [-0.05, 0) is 0 Å². The first kappa shape index (κ1) is 29.7. The van der Waals surface area contributed by atoms with Crippen molar-refractivity contribution in [1.29, 1.82) is 0 Å². The second-order valence-electron chi connectivity index (χ2n) is 5.75. The number of rotatable bonds is 8. The van der Waals surface area contributed by atoms with Crippen LogP contribution in [0.2, 0.25) is 0 Å². The second kappa shape index (κ2) is 7.11. The van der Waals surface area contributed by atoms with Crippen molar-refractivity contribution in [2.24, 2.45) is 0 Å². The van der Waals surface area contributed by atoms with Crippen LogP contribution in [0.15, 0.2) is 0 Å². The van der Waals surface area contributed by atoms with Crippen LogP contribution in [0.5, 0.6) is 0 Å². The minimum atomic E-state index is -8.81. The van der Waals surface area contributed by atoms with Gasteiger partial charge in [-0.15, -0.1) is 0 Å². The van der Waals surface area contributed by atoms with Crippen LogP contribution in [0, 0.1) is 0 Å². The molecule has 31 heavy (non-hydrogen) atoms. The number of nitrogens with zero attached hydrogens (tertiary/aromatic N) is 1. The zero-order chi connectivity index (χ0) is 26.1. The Morgan fingerprint density at radius 2 is 0.677 bits per heavy atom. The molecular formula is C10H6F17NO2S. The van der Waals surface area contributed by atoms with Crippen molar-refractivity contribution in [3.8, 4) is 0 Å². The van der Waals surface area contributed by atoms with Crippen LogP contribution < -0.4 is 0 Å². The highest BCUT2D eigenvalue weighted by Gasteiger charge is 2.96. The normalized spacial score (nSPS) is 16.8. The molecule has 0 aliphatic rings. The van der Waals surface area contributed by atoms with Crippen molar-refractivity contribution >= 4 is 10.0 Å². The molecule has 21 heteroatoms. The number of hydrogen-bond acceptors (Lipinski definition) is 2. The molecule has 0 saturated heterocycles. The molecule has 0 aromatic heterocycles. The molecule has 0 aliphatic carbocycles. The van der Waals surface area contributed by atoms with Crippen LogP contribution in [0.4, 0.5) is 74.6 Å². The lowest BCUT2D eigenvalue weighted by Crippen LogP contribution is -2.75. The topological polar surface area (TPSA) is 37.4 Å². The molecule has 0 atom stereocenters. The average Bonchev–Trinajstić information content (AvgIpc) is 2.52. The van der Waals surface area contributed by atoms with Gasteiger partial charge in [-0.3, -0.25) is 0 Å². The molecule has 0 unspecified atom stereocenters. The number of halogens is 17. The Morgan fingerprint density at radius 3 is 0.903 bits per heavy atom. The van der Waals surface area contributed by atoms with Gasteiger partial charge in [0.05, 0.1) is 0 Å². The van der Waals surface area contributed by atoms with Gasteiger partial charge < -0.3 is 0 Å². The van der Waals surface area contributed by atoms with E-state index in [4.69, 9.17) is 0 Å². The Kier molecular flexibility index (Phi) is 6.81. The summed E-state index contributed by atoms with van der Waals surface area (Å²) in [6.07, 6.45) is -7.86. The zero-order valence-corrected chi connectivity index (χ0v) is 14.9. The Hall–Kier alpha value is -1.28. The predicted molar refractivity (Wildman–Crippen MR) is 63.3 cm³/mol. The highest BCUT2D eigenvalue weighted by molar-refractivity contribution is 7.90. The van der Waals surface area contributed by atoms with Crippen LogP contribution in [0.25, 0.3) is 0 Å². The Morgan fingerprint density at radius 1 is 0.452 bits per heavy atom. The molecule has 0 fully saturated rings. The van der Waals surface area contributed by atoms with Gasteiger partial charge in [0.15, 0.2) is 0 Å². The SMILES string of the molecule is CN(C)S(=O)(=O)C(F)(F)C(F)(F)C(F)(F)C(F)(F)C(F)(F)C(F)(F)C(F)(F)C(F)(F)F. The lowest BCUT2D eigenvalue weighted by molar-refractivity contribution is -0.458. The van der Waals surface area contributed by atoms with E-state index in [1.807, 2.05) is 0 Å². The van der Waals surface area contributed by atoms with Gasteiger partial charge >= 0.3 is 47.0 Å². The molecule has 0 rings (SSSR count). The molecule has 0 radical (unpaired) electrons. The van der Waals surface area contributed by atoms with Crippen LogP contribution in [-0.2, 0) is 10.0 Å². The maximum atomic E-state index is 13.4. The summed E-state index contributed by atoms with van der Waals surface area (Å²) >= 11 is 0. The first-order valence-corrected chi connectivity index (χ1v) is 8.02. The van der Waals surface area contributed by atoms with Crippen LogP contribution in [-0.4, -0.2) is 73.8 Å². The Labute approximate surface area is 159 Å². The summed E-state index contributed by atoms with van der Waals surface area (Å²) in [5, 5.41) is -7.49. The first-order chi connectivity index (χ1) is 12.9. The number of alkyl halides is 17. The zero-order valence-electron chi connectivity index (χ0n) is 14.1. The molecule has 0 aliphatic heterocycles. The monoisotopic (exact) mass is 527 g/mol. The van der Waals surface area contributed by atoms with Crippen molar-refractivity contribution in [2.45, 2.75) is 47.0 Å². The van der Waals surface area contributed by atoms with Crippen molar-refractivity contribution in [3.05, 3.63) is 0 Å². The van der Waals surface area contributed by atoms with E-state index < -0.39 is 61.3 Å². The Balaban J connectivity index is 6.99. The van der Waals surface area contributed by atoms with E-state index >= 15 is 0 Å². The van der Waals surface area contributed by atoms with Crippen LogP contribution in [0.3, 0.4) is 0 Å². The molecule has 0 aromatic carbocycles. The summed E-state index contributed by atoms with van der Waals surface area (Å²) in [5.74, 6) is -51.4. The van der Waals surface area contributed by atoms with E-state index in [0.717, 1.165) is 0 Å². The lowest BCUT2D eigenvalue weighted by Gasteiger charge is -2.42. The molecule has 0 spiro atoms. The number of hydrogen-bond donors (Lipinski definition) is 0. The standard InChI is InChI=1S/C10H6F17NO2S/c1-28(2)31(29,30)10(26,27)8(21,22)6(17,18)4(13,14)3(11,12)5(15,16)7(19,20)9(23,24)25/h1-2H3. The summed E-state index contributed by atoms with van der Waals surface area (Å²) < 4.78 is 241. The lowest BCUT2D eigenvalue weighted by atomic mass is 9.91. The van der Waals surface area contributed by atoms with Crippen molar-refractivity contribution < 1.29 is 83.1 Å². The molecule has 0 bridgehead atoms. The molecule has 3 nitrogen and oxygen atoms in total. The molecule has 0 heterocycles. The Bertz CT molecular complexity index is 781. The fraction of sp³-hybridized carbons (Fsp3) is 1.00. The average molecular weight is 527 g/mol. The van der Waals surface area contributed by atoms with E-state index in [9.17, 15) is 83.1 Å². The quantitative estimate of drug-likeness (QED) is 0.424. The first-order valence-electron chi connectivity index (χ1n) is 6.58. The third-order valence-electron chi connectivity index (χ3n) is 3.50. The maximum Gasteiger partial charge on any atom is 0.460 e. The summed E-state index contributed by atoms with van der Waals surface area (Å²) in [6, 6.07) is 0. The van der Waals surface area contributed by atoms with Crippen molar-refractivity contribution in [2.75, 3.05) is 14.1 Å². The maximum absolute atomic E-state index is 13.4. The molecular weight excluding hydrogens is 521 g/mol. The summed E-state index contributed by atoms with van der Waals surface area (Å²) in [6.45, 7) is 0. The molecule has 188 valence electrons. The van der Waals surface area contributed by atoms with E-state index in [0.29, 0.717) is 0 Å². The second-order valence-corrected chi connectivity index (χ2v) is 7.94. The minimum Gasteiger partial charge on any atom is -0.206 e. The van der Waals surface area contributed by atoms with Crippen molar-refractivity contribution in [3.63, 3.8) is 0 Å². The van der Waals surface area contributed by atoms with Gasteiger partial charge in [0, 0.05) is 14.1 Å². The summed E-state index contributed by atoms with van der Waals surface area (Å²) in [5.41, 5.74) is 0. The largest absolute Gasteiger partial charge is 0.460 e. The van der Waals surface area contributed by atoms with Crippen LogP contribution >= 0.6 is 0 Å². The van der Waals surface area contributed by atoms with E-state index in [1.54, 1.807) is 0 Å². The highest BCUT2D eigenvalue weighted by Crippen LogP contribution is 2.64. The van der Waals surface area contributed by atoms with Gasteiger partial charge in [-0.2, -0.15) is 74.6 Å². The smallest absolute Gasteiger partial charge is 0.206 e. The fourth-order valence-corrected chi connectivity index (χ4v) is 2.45. The molecule has 0 N–H and O–H groups in total. The highest BCUT2D eigenvalue weighted by atomic mass is 32.2. The van der Waals surface area contributed by atoms with Gasteiger partial charge in [0.2, 0.25) is 0 Å². The van der Waals surface area contributed by atoms with E-state index in [-0.39, 0.29) is 14.1 Å². The van der Waals surface area contributed by atoms with Crippen molar-refractivity contribution in [1.82, 2.24) is 4.31 Å². The van der Waals surface area contributed by atoms with Gasteiger partial charge in [0.25, 0.3) is 10.0 Å². The third-order valence-corrected chi connectivity index (χ3v) is 5.36. The van der Waals surface area contributed by atoms with Gasteiger partial charge in [-0.25, -0.2) is 12.7 Å². The predicted octanol–water partition coefficient (Wildman–Crippen LogP) is 4.84. The van der Waals surface area contributed by atoms with Crippen LogP contribution in [0.1, 0.15) is 0 Å². The summed E-state index contributed by atoms with van der Waals surface area (Å²) in [7, 11) is -7.32. The number of sulfonamides is 1. The van der Waals surface area contributed by atoms with E-state index in [2.05, 4.69) is 0 Å². The van der Waals surface area contributed by atoms with Gasteiger partial charge in [-0.1, -0.05) is 0 Å². The molecule has 0 saturated carbocycles. The minimum absolute atomic E-state index is 0.0950.